The summed E-state index contributed by atoms with van der Waals surface area (Å²) in [4.78, 5) is 26.9. The molecule has 0 bridgehead atoms. The monoisotopic (exact) mass is 654 g/mol. The maximum Gasteiger partial charge on any atom is 0.306 e. The summed E-state index contributed by atoms with van der Waals surface area (Å²) in [6, 6.07) is 0. The molecule has 6 heteroatoms. The van der Waals surface area contributed by atoms with Gasteiger partial charge in [-0.1, -0.05) is 130 Å². The highest BCUT2D eigenvalue weighted by Crippen LogP contribution is 2.18. The van der Waals surface area contributed by atoms with E-state index in [9.17, 15) is 14.7 Å². The van der Waals surface area contributed by atoms with Gasteiger partial charge in [0.25, 0.3) is 0 Å². The van der Waals surface area contributed by atoms with Gasteiger partial charge in [-0.2, -0.15) is 0 Å². The predicted molar refractivity (Wildman–Crippen MR) is 195 cm³/mol. The lowest BCUT2D eigenvalue weighted by molar-refractivity contribution is -0.150. The van der Waals surface area contributed by atoms with E-state index in [0.29, 0.717) is 19.4 Å². The number of carbonyl (C=O) groups is 2. The van der Waals surface area contributed by atoms with Crippen LogP contribution in [0.1, 0.15) is 207 Å². The van der Waals surface area contributed by atoms with E-state index in [0.717, 1.165) is 110 Å². The number of unbranched alkanes of at least 4 members (excludes halogenated alkanes) is 19. The van der Waals surface area contributed by atoms with E-state index in [1.54, 1.807) is 0 Å². The molecule has 0 rings (SSSR count). The Labute approximate surface area is 286 Å². The molecule has 0 aliphatic carbocycles. The number of aliphatic hydroxyl groups excluding tert-OH is 1. The topological polar surface area (TPSA) is 76.1 Å². The second-order valence-electron chi connectivity index (χ2n) is 14.0. The van der Waals surface area contributed by atoms with E-state index in [2.05, 4.69) is 25.7 Å². The summed E-state index contributed by atoms with van der Waals surface area (Å²) in [5, 5.41) is 9.97. The average molecular weight is 654 g/mol. The third-order valence-corrected chi connectivity index (χ3v) is 9.05. The Morgan fingerprint density at radius 2 is 0.957 bits per heavy atom. The van der Waals surface area contributed by atoms with Crippen molar-refractivity contribution in [3.8, 4) is 0 Å². The Morgan fingerprint density at radius 1 is 0.543 bits per heavy atom. The first-order valence-corrected chi connectivity index (χ1v) is 20.2. The van der Waals surface area contributed by atoms with Crippen LogP contribution in [0.5, 0.6) is 0 Å². The van der Waals surface area contributed by atoms with Crippen molar-refractivity contribution in [3.05, 3.63) is 0 Å². The van der Waals surface area contributed by atoms with Crippen LogP contribution in [0.15, 0.2) is 0 Å². The van der Waals surface area contributed by atoms with Crippen molar-refractivity contribution >= 4 is 11.9 Å². The van der Waals surface area contributed by atoms with Gasteiger partial charge in [0.05, 0.1) is 12.7 Å². The number of aliphatic hydroxyl groups is 1. The van der Waals surface area contributed by atoms with Gasteiger partial charge < -0.3 is 19.5 Å². The summed E-state index contributed by atoms with van der Waals surface area (Å²) in [5.74, 6) is -0.0332. The number of esters is 2. The summed E-state index contributed by atoms with van der Waals surface area (Å²) in [6.45, 7) is 11.9. The van der Waals surface area contributed by atoms with Crippen LogP contribution in [0, 0.1) is 0 Å². The van der Waals surface area contributed by atoms with Gasteiger partial charge in [0.15, 0.2) is 0 Å². The molecule has 0 saturated heterocycles. The fourth-order valence-corrected chi connectivity index (χ4v) is 6.18. The fourth-order valence-electron chi connectivity index (χ4n) is 6.18. The van der Waals surface area contributed by atoms with Crippen molar-refractivity contribution in [2.45, 2.75) is 220 Å². The first-order chi connectivity index (χ1) is 22.4. The highest BCUT2D eigenvalue weighted by atomic mass is 16.5. The van der Waals surface area contributed by atoms with Gasteiger partial charge in [-0.05, 0) is 77.8 Å². The van der Waals surface area contributed by atoms with Gasteiger partial charge in [0.1, 0.15) is 6.10 Å². The first-order valence-electron chi connectivity index (χ1n) is 20.2. The van der Waals surface area contributed by atoms with Gasteiger partial charge in [-0.3, -0.25) is 9.59 Å². The minimum absolute atomic E-state index is 0.00487. The largest absolute Gasteiger partial charge is 0.466 e. The molecule has 2 atom stereocenters. The Kier molecular flexibility index (Phi) is 34.3. The molecule has 6 nitrogen and oxygen atoms in total. The molecule has 0 aliphatic heterocycles. The molecular weight excluding hydrogens is 574 g/mol. The summed E-state index contributed by atoms with van der Waals surface area (Å²) in [7, 11) is 0. The second kappa shape index (κ2) is 35.2. The third kappa shape index (κ3) is 32.8. The van der Waals surface area contributed by atoms with E-state index in [-0.39, 0.29) is 24.1 Å². The smallest absolute Gasteiger partial charge is 0.306 e. The van der Waals surface area contributed by atoms with Gasteiger partial charge in [-0.15, -0.1) is 0 Å². The Morgan fingerprint density at radius 3 is 1.48 bits per heavy atom. The van der Waals surface area contributed by atoms with E-state index in [1.165, 1.54) is 77.0 Å². The van der Waals surface area contributed by atoms with Crippen molar-refractivity contribution in [3.63, 3.8) is 0 Å². The van der Waals surface area contributed by atoms with Crippen LogP contribution in [-0.4, -0.2) is 60.4 Å². The normalized spacial score (nSPS) is 12.8. The van der Waals surface area contributed by atoms with E-state index >= 15 is 0 Å². The average Bonchev–Trinajstić information content (AvgIpc) is 3.03. The lowest BCUT2D eigenvalue weighted by atomic mass is 10.0. The molecule has 0 heterocycles. The van der Waals surface area contributed by atoms with Crippen molar-refractivity contribution in [1.29, 1.82) is 0 Å². The van der Waals surface area contributed by atoms with Gasteiger partial charge in [0, 0.05) is 19.4 Å². The minimum Gasteiger partial charge on any atom is -0.466 e. The second-order valence-corrected chi connectivity index (χ2v) is 14.0. The minimum atomic E-state index is -0.310. The quantitative estimate of drug-likeness (QED) is 0.0535. The highest BCUT2D eigenvalue weighted by Gasteiger charge is 2.14. The van der Waals surface area contributed by atoms with Crippen molar-refractivity contribution in [2.75, 3.05) is 26.2 Å². The predicted octanol–water partition coefficient (Wildman–Crippen LogP) is 11.1. The van der Waals surface area contributed by atoms with Crippen molar-refractivity contribution in [2.24, 2.45) is 0 Å². The first kappa shape index (κ1) is 44.9. The molecule has 0 fully saturated rings. The Bertz CT molecular complexity index is 656. The van der Waals surface area contributed by atoms with Crippen molar-refractivity contribution < 1.29 is 24.2 Å². The summed E-state index contributed by atoms with van der Waals surface area (Å²) in [5.41, 5.74) is 0. The van der Waals surface area contributed by atoms with Gasteiger partial charge >= 0.3 is 11.9 Å². The molecule has 0 aliphatic rings. The molecule has 0 radical (unpaired) electrons. The molecule has 0 aromatic heterocycles. The van der Waals surface area contributed by atoms with Gasteiger partial charge in [-0.25, -0.2) is 0 Å². The number of hydrogen-bond donors (Lipinski definition) is 1. The van der Waals surface area contributed by atoms with Gasteiger partial charge in [0.2, 0.25) is 0 Å². The van der Waals surface area contributed by atoms with Crippen LogP contribution in [0.25, 0.3) is 0 Å². The summed E-state index contributed by atoms with van der Waals surface area (Å²) >= 11 is 0. The molecule has 1 unspecified atom stereocenters. The van der Waals surface area contributed by atoms with Crippen LogP contribution in [-0.2, 0) is 19.1 Å². The number of ether oxygens (including phenoxy) is 2. The van der Waals surface area contributed by atoms with Crippen LogP contribution in [0.3, 0.4) is 0 Å². The van der Waals surface area contributed by atoms with E-state index in [4.69, 9.17) is 9.47 Å². The molecule has 0 aromatic rings. The molecule has 274 valence electrons. The molecule has 0 saturated carbocycles. The third-order valence-electron chi connectivity index (χ3n) is 9.05. The van der Waals surface area contributed by atoms with E-state index in [1.807, 2.05) is 6.92 Å². The zero-order valence-corrected chi connectivity index (χ0v) is 31.3. The zero-order chi connectivity index (χ0) is 33.9. The molecule has 46 heavy (non-hydrogen) atoms. The zero-order valence-electron chi connectivity index (χ0n) is 31.3. The Balaban J connectivity index is 3.99. The summed E-state index contributed by atoms with van der Waals surface area (Å²) < 4.78 is 11.3. The maximum absolute atomic E-state index is 12.6. The van der Waals surface area contributed by atoms with Crippen LogP contribution in [0.2, 0.25) is 0 Å². The lowest BCUT2D eigenvalue weighted by Gasteiger charge is -2.23. The number of rotatable bonds is 36. The van der Waals surface area contributed by atoms with Crippen LogP contribution in [0.4, 0.5) is 0 Å². The highest BCUT2D eigenvalue weighted by molar-refractivity contribution is 5.69. The number of nitrogens with zero attached hydrogens (tertiary/aromatic N) is 1. The summed E-state index contributed by atoms with van der Waals surface area (Å²) in [6.07, 6.45) is 31.0. The SMILES string of the molecule is CCCCCCCOC(=O)CCCCCCCN(CCCCCCCC(=O)OC(CCCCCC)CCCCCCC)C[C@H](C)O. The molecule has 0 aromatic carbocycles. The number of carbonyl (C=O) groups excluding carboxylic acids is 2. The fraction of sp³-hybridized carbons (Fsp3) is 0.950. The molecule has 0 spiro atoms. The molecule has 0 amide bonds. The maximum atomic E-state index is 12.6. The van der Waals surface area contributed by atoms with Crippen LogP contribution >= 0.6 is 0 Å². The molecule has 1 N–H and O–H groups in total. The molecular formula is C40H79NO5. The lowest BCUT2D eigenvalue weighted by Crippen LogP contribution is -2.32. The standard InChI is InChI=1S/C40H79NO5/c1-5-8-11-16-23-30-38(29-22-13-10-7-3)46-40(44)32-25-18-15-20-27-34-41(36-37(4)42)33-26-19-14-17-24-31-39(43)45-35-28-21-12-9-6-2/h37-38,42H,5-36H2,1-4H3/t37-,38?/m0/s1. The Hall–Kier alpha value is -1.14. The van der Waals surface area contributed by atoms with Crippen LogP contribution < -0.4 is 0 Å². The van der Waals surface area contributed by atoms with Crippen molar-refractivity contribution in [1.82, 2.24) is 4.90 Å². The van der Waals surface area contributed by atoms with E-state index < -0.39 is 0 Å². The number of hydrogen-bond acceptors (Lipinski definition) is 6.